The van der Waals surface area contributed by atoms with Crippen LogP contribution in [0.25, 0.3) is 0 Å². The molecule has 0 bridgehead atoms. The zero-order valence-electron chi connectivity index (χ0n) is 17.9. The minimum absolute atomic E-state index is 0.108. The molecule has 166 valence electrons. The summed E-state index contributed by atoms with van der Waals surface area (Å²) in [4.78, 5) is 36.2. The van der Waals surface area contributed by atoms with E-state index in [-0.39, 0.29) is 11.8 Å². The van der Waals surface area contributed by atoms with Crippen molar-refractivity contribution in [2.45, 2.75) is 6.92 Å². The van der Waals surface area contributed by atoms with Crippen LogP contribution in [0.4, 0.5) is 5.82 Å². The van der Waals surface area contributed by atoms with E-state index in [2.05, 4.69) is 20.1 Å². The number of aryl methyl sites for hydroxylation is 1. The molecule has 2 fully saturated rings. The molecule has 31 heavy (non-hydrogen) atoms. The summed E-state index contributed by atoms with van der Waals surface area (Å²) in [7, 11) is 0. The van der Waals surface area contributed by atoms with Gasteiger partial charge in [-0.15, -0.1) is 0 Å². The summed E-state index contributed by atoms with van der Waals surface area (Å²) < 4.78 is 10.6. The average molecular weight is 428 g/mol. The van der Waals surface area contributed by atoms with Crippen LogP contribution in [0.1, 0.15) is 26.6 Å². The first-order valence-electron chi connectivity index (χ1n) is 10.8. The van der Waals surface area contributed by atoms with E-state index in [1.54, 1.807) is 17.0 Å². The van der Waals surface area contributed by atoms with Gasteiger partial charge in [0.05, 0.1) is 25.0 Å². The number of piperazine rings is 1. The van der Waals surface area contributed by atoms with E-state index in [4.69, 9.17) is 9.15 Å². The lowest BCUT2D eigenvalue weighted by molar-refractivity contribution is 0.0383. The van der Waals surface area contributed by atoms with Crippen molar-refractivity contribution in [2.75, 3.05) is 70.5 Å². The molecule has 0 unspecified atom stereocenters. The molecule has 2 saturated heterocycles. The van der Waals surface area contributed by atoms with Gasteiger partial charge < -0.3 is 24.3 Å². The number of anilines is 1. The Balaban J connectivity index is 1.36. The molecule has 9 nitrogen and oxygen atoms in total. The highest BCUT2D eigenvalue weighted by atomic mass is 16.5. The third-order valence-electron chi connectivity index (χ3n) is 5.67. The molecule has 2 aliphatic heterocycles. The summed E-state index contributed by atoms with van der Waals surface area (Å²) in [5, 5.41) is 3.03. The monoisotopic (exact) mass is 427 g/mol. The standard InChI is InChI=1S/C22H29N5O4/c1-17-4-5-18(21(28)23-6-7-25-12-15-30-16-13-25)20(24-17)26-8-10-27(11-9-26)22(29)19-3-2-14-31-19/h2-5,14H,6-13,15-16H2,1H3,(H,23,28). The topological polar surface area (TPSA) is 91.2 Å². The second-order valence-electron chi connectivity index (χ2n) is 7.79. The lowest BCUT2D eigenvalue weighted by atomic mass is 10.2. The van der Waals surface area contributed by atoms with Crippen molar-refractivity contribution in [3.05, 3.63) is 47.5 Å². The van der Waals surface area contributed by atoms with E-state index < -0.39 is 0 Å². The summed E-state index contributed by atoms with van der Waals surface area (Å²) in [5.74, 6) is 0.796. The van der Waals surface area contributed by atoms with Crippen molar-refractivity contribution in [1.29, 1.82) is 0 Å². The van der Waals surface area contributed by atoms with Crippen LogP contribution in [0.3, 0.4) is 0 Å². The molecule has 2 aromatic heterocycles. The number of aromatic nitrogens is 1. The Labute approximate surface area is 182 Å². The van der Waals surface area contributed by atoms with E-state index in [1.165, 1.54) is 6.26 Å². The lowest BCUT2D eigenvalue weighted by Gasteiger charge is -2.35. The highest BCUT2D eigenvalue weighted by molar-refractivity contribution is 5.99. The quantitative estimate of drug-likeness (QED) is 0.736. The summed E-state index contributed by atoms with van der Waals surface area (Å²) >= 11 is 0. The molecule has 0 aliphatic carbocycles. The van der Waals surface area contributed by atoms with Crippen LogP contribution in [-0.4, -0.2) is 92.2 Å². The van der Waals surface area contributed by atoms with Crippen LogP contribution in [0.2, 0.25) is 0 Å². The molecular formula is C22H29N5O4. The largest absolute Gasteiger partial charge is 0.459 e. The first-order chi connectivity index (χ1) is 15.1. The fourth-order valence-electron chi connectivity index (χ4n) is 3.89. The van der Waals surface area contributed by atoms with Crippen molar-refractivity contribution in [3.63, 3.8) is 0 Å². The molecule has 0 atom stereocenters. The third kappa shape index (κ3) is 5.23. The molecule has 0 aromatic carbocycles. The smallest absolute Gasteiger partial charge is 0.289 e. The summed E-state index contributed by atoms with van der Waals surface area (Å²) in [6, 6.07) is 7.08. The van der Waals surface area contributed by atoms with Gasteiger partial charge >= 0.3 is 0 Å². The molecule has 2 amide bonds. The number of amides is 2. The van der Waals surface area contributed by atoms with Gasteiger partial charge in [-0.1, -0.05) is 0 Å². The van der Waals surface area contributed by atoms with Gasteiger partial charge in [-0.3, -0.25) is 14.5 Å². The zero-order valence-corrected chi connectivity index (χ0v) is 17.9. The summed E-state index contributed by atoms with van der Waals surface area (Å²) in [6.07, 6.45) is 1.50. The third-order valence-corrected chi connectivity index (χ3v) is 5.67. The highest BCUT2D eigenvalue weighted by Crippen LogP contribution is 2.21. The van der Waals surface area contributed by atoms with E-state index in [0.29, 0.717) is 49.9 Å². The number of rotatable bonds is 6. The maximum absolute atomic E-state index is 12.9. The lowest BCUT2D eigenvalue weighted by Crippen LogP contribution is -2.49. The number of hydrogen-bond donors (Lipinski definition) is 1. The Kier molecular flexibility index (Phi) is 6.83. The van der Waals surface area contributed by atoms with E-state index >= 15 is 0 Å². The van der Waals surface area contributed by atoms with Crippen LogP contribution in [0.15, 0.2) is 34.9 Å². The van der Waals surface area contributed by atoms with Crippen LogP contribution in [0.5, 0.6) is 0 Å². The van der Waals surface area contributed by atoms with Crippen molar-refractivity contribution >= 4 is 17.6 Å². The number of carbonyl (C=O) groups excluding carboxylic acids is 2. The molecule has 1 N–H and O–H groups in total. The SMILES string of the molecule is Cc1ccc(C(=O)NCCN2CCOCC2)c(N2CCN(C(=O)c3ccco3)CC2)n1. The van der Waals surface area contributed by atoms with E-state index in [9.17, 15) is 9.59 Å². The van der Waals surface area contributed by atoms with E-state index in [0.717, 1.165) is 38.5 Å². The normalized spacial score (nSPS) is 17.6. The fraction of sp³-hybridized carbons (Fsp3) is 0.500. The van der Waals surface area contributed by atoms with E-state index in [1.807, 2.05) is 19.1 Å². The summed E-state index contributed by atoms with van der Waals surface area (Å²) in [6.45, 7) is 8.90. The second-order valence-corrected chi connectivity index (χ2v) is 7.79. The van der Waals surface area contributed by atoms with Crippen LogP contribution in [-0.2, 0) is 4.74 Å². The van der Waals surface area contributed by atoms with Gasteiger partial charge in [-0.25, -0.2) is 4.98 Å². The van der Waals surface area contributed by atoms with Crippen molar-refractivity contribution in [1.82, 2.24) is 20.1 Å². The first kappa shape index (κ1) is 21.3. The molecule has 2 aromatic rings. The van der Waals surface area contributed by atoms with Crippen LogP contribution >= 0.6 is 0 Å². The number of pyridine rings is 1. The average Bonchev–Trinajstić information content (AvgIpc) is 3.34. The fourth-order valence-corrected chi connectivity index (χ4v) is 3.89. The number of nitrogens with one attached hydrogen (secondary N) is 1. The first-order valence-corrected chi connectivity index (χ1v) is 10.8. The Bertz CT molecular complexity index is 887. The van der Waals surface area contributed by atoms with Crippen molar-refractivity contribution < 1.29 is 18.7 Å². The zero-order chi connectivity index (χ0) is 21.6. The van der Waals surface area contributed by atoms with Gasteiger partial charge in [0.15, 0.2) is 5.76 Å². The molecule has 2 aliphatic rings. The Hall–Kier alpha value is -2.91. The predicted molar refractivity (Wildman–Crippen MR) is 115 cm³/mol. The van der Waals surface area contributed by atoms with Gasteiger partial charge in [0.25, 0.3) is 11.8 Å². The Morgan fingerprint density at radius 1 is 1.06 bits per heavy atom. The van der Waals surface area contributed by atoms with Crippen molar-refractivity contribution in [3.8, 4) is 0 Å². The number of morpholine rings is 1. The number of ether oxygens (including phenoxy) is 1. The molecule has 0 saturated carbocycles. The van der Waals surface area contributed by atoms with Crippen molar-refractivity contribution in [2.24, 2.45) is 0 Å². The number of nitrogens with zero attached hydrogens (tertiary/aromatic N) is 4. The number of carbonyl (C=O) groups is 2. The molecular weight excluding hydrogens is 398 g/mol. The molecule has 4 heterocycles. The highest BCUT2D eigenvalue weighted by Gasteiger charge is 2.27. The second kappa shape index (κ2) is 9.93. The molecule has 0 spiro atoms. The van der Waals surface area contributed by atoms with Gasteiger partial charge in [-0.05, 0) is 31.2 Å². The van der Waals surface area contributed by atoms with Gasteiger partial charge in [0.1, 0.15) is 5.82 Å². The Morgan fingerprint density at radius 2 is 1.84 bits per heavy atom. The molecule has 9 heteroatoms. The Morgan fingerprint density at radius 3 is 2.55 bits per heavy atom. The van der Waals surface area contributed by atoms with Gasteiger partial charge in [0, 0.05) is 58.1 Å². The van der Waals surface area contributed by atoms with Gasteiger partial charge in [0.2, 0.25) is 0 Å². The molecule has 4 rings (SSSR count). The van der Waals surface area contributed by atoms with Crippen LogP contribution < -0.4 is 10.2 Å². The number of furan rings is 1. The predicted octanol–water partition coefficient (Wildman–Crippen LogP) is 1.01. The maximum Gasteiger partial charge on any atom is 0.289 e. The minimum Gasteiger partial charge on any atom is -0.459 e. The summed E-state index contributed by atoms with van der Waals surface area (Å²) in [5.41, 5.74) is 1.42. The molecule has 0 radical (unpaired) electrons. The minimum atomic E-state index is -0.121. The van der Waals surface area contributed by atoms with Crippen LogP contribution in [0, 0.1) is 6.92 Å². The number of hydrogen-bond acceptors (Lipinski definition) is 7. The van der Waals surface area contributed by atoms with Gasteiger partial charge in [-0.2, -0.15) is 0 Å². The maximum atomic E-state index is 12.9.